The lowest BCUT2D eigenvalue weighted by Crippen LogP contribution is -2.38. The summed E-state index contributed by atoms with van der Waals surface area (Å²) >= 11 is 0. The molecule has 7 nitrogen and oxygen atoms in total. The first-order valence-electron chi connectivity index (χ1n) is 10.4. The molecule has 0 saturated carbocycles. The first-order valence-corrected chi connectivity index (χ1v) is 11.9. The molecule has 2 aromatic rings. The van der Waals surface area contributed by atoms with Crippen LogP contribution >= 0.6 is 0 Å². The number of hydrogen-bond donors (Lipinski definition) is 1. The highest BCUT2D eigenvalue weighted by Crippen LogP contribution is 2.25. The normalized spacial score (nSPS) is 12.3. The molecule has 0 aliphatic carbocycles. The number of carbonyl (C=O) groups is 1. The molecule has 0 aromatic heterocycles. The standard InChI is InChI=1S/C24H31NO6S/c1-4-5-6-23(15-16-24(26)27)32(28,29)25(17-19-7-11-21(30-2)12-8-19)18-20-9-13-22(31-3)14-10-20/h4,7-14,23H,1,5-6,15-18H2,2-3H3,(H,26,27)/t23-/m1/s1. The van der Waals surface area contributed by atoms with E-state index >= 15 is 0 Å². The summed E-state index contributed by atoms with van der Waals surface area (Å²) in [5, 5.41) is 8.30. The van der Waals surface area contributed by atoms with E-state index < -0.39 is 21.2 Å². The fourth-order valence-electron chi connectivity index (χ4n) is 3.35. The monoisotopic (exact) mass is 461 g/mol. The van der Waals surface area contributed by atoms with Crippen molar-refractivity contribution in [1.82, 2.24) is 4.31 Å². The van der Waals surface area contributed by atoms with Crippen LogP contribution in [0.1, 0.15) is 36.8 Å². The van der Waals surface area contributed by atoms with Gasteiger partial charge in [-0.1, -0.05) is 30.3 Å². The first-order chi connectivity index (χ1) is 15.3. The van der Waals surface area contributed by atoms with E-state index in [2.05, 4.69) is 6.58 Å². The molecule has 0 aliphatic rings. The summed E-state index contributed by atoms with van der Waals surface area (Å²) in [4.78, 5) is 11.1. The van der Waals surface area contributed by atoms with Gasteiger partial charge in [0, 0.05) is 19.5 Å². The molecule has 2 aromatic carbocycles. The summed E-state index contributed by atoms with van der Waals surface area (Å²) in [6.45, 7) is 4.00. The van der Waals surface area contributed by atoms with Gasteiger partial charge in [-0.15, -0.1) is 6.58 Å². The predicted octanol–water partition coefficient (Wildman–Crippen LogP) is 4.24. The maximum Gasteiger partial charge on any atom is 0.303 e. The van der Waals surface area contributed by atoms with Gasteiger partial charge in [0.25, 0.3) is 0 Å². The predicted molar refractivity (Wildman–Crippen MR) is 124 cm³/mol. The van der Waals surface area contributed by atoms with Gasteiger partial charge in [-0.3, -0.25) is 4.79 Å². The quantitative estimate of drug-likeness (QED) is 0.423. The minimum atomic E-state index is -3.80. The van der Waals surface area contributed by atoms with Crippen LogP contribution in [0.15, 0.2) is 61.2 Å². The Morgan fingerprint density at radius 1 is 0.969 bits per heavy atom. The summed E-state index contributed by atoms with van der Waals surface area (Å²) in [7, 11) is -0.656. The third kappa shape index (κ3) is 7.39. The summed E-state index contributed by atoms with van der Waals surface area (Å²) in [6.07, 6.45) is 2.30. The molecule has 8 heteroatoms. The van der Waals surface area contributed by atoms with Gasteiger partial charge in [0.15, 0.2) is 0 Å². The molecule has 0 amide bonds. The number of methoxy groups -OCH3 is 2. The number of carboxylic acid groups (broad SMARTS) is 1. The summed E-state index contributed by atoms with van der Waals surface area (Å²) in [5.41, 5.74) is 1.62. The summed E-state index contributed by atoms with van der Waals surface area (Å²) in [5.74, 6) is 0.355. The van der Waals surface area contributed by atoms with Crippen molar-refractivity contribution in [3.8, 4) is 11.5 Å². The van der Waals surface area contributed by atoms with Gasteiger partial charge in [0.1, 0.15) is 11.5 Å². The van der Waals surface area contributed by atoms with Gasteiger partial charge in [0.05, 0.1) is 19.5 Å². The van der Waals surface area contributed by atoms with E-state index in [9.17, 15) is 13.2 Å². The Morgan fingerprint density at radius 3 is 1.81 bits per heavy atom. The van der Waals surface area contributed by atoms with Crippen LogP contribution in [0.4, 0.5) is 0 Å². The number of carboxylic acids is 1. The van der Waals surface area contributed by atoms with E-state index in [0.29, 0.717) is 24.3 Å². The SMILES string of the molecule is C=CCC[C@H](CCC(=O)O)S(=O)(=O)N(Cc1ccc(OC)cc1)Cc1ccc(OC)cc1. The molecule has 0 bridgehead atoms. The lowest BCUT2D eigenvalue weighted by molar-refractivity contribution is -0.137. The Bertz CT molecular complexity index is 921. The highest BCUT2D eigenvalue weighted by Gasteiger charge is 2.32. The zero-order valence-electron chi connectivity index (χ0n) is 18.6. The smallest absolute Gasteiger partial charge is 0.303 e. The molecule has 1 N–H and O–H groups in total. The Kier molecular flexibility index (Phi) is 9.74. The van der Waals surface area contributed by atoms with Crippen molar-refractivity contribution in [2.75, 3.05) is 14.2 Å². The van der Waals surface area contributed by atoms with Crippen molar-refractivity contribution in [3.63, 3.8) is 0 Å². The summed E-state index contributed by atoms with van der Waals surface area (Å²) < 4.78 is 39.1. The molecule has 174 valence electrons. The van der Waals surface area contributed by atoms with Crippen molar-refractivity contribution in [2.24, 2.45) is 0 Å². The zero-order chi connectivity index (χ0) is 23.6. The van der Waals surface area contributed by atoms with Gasteiger partial charge < -0.3 is 14.6 Å². The van der Waals surface area contributed by atoms with E-state index in [-0.39, 0.29) is 25.9 Å². The van der Waals surface area contributed by atoms with Crippen LogP contribution in [0.3, 0.4) is 0 Å². The van der Waals surface area contributed by atoms with Gasteiger partial charge >= 0.3 is 5.97 Å². The van der Waals surface area contributed by atoms with Crippen molar-refractivity contribution in [1.29, 1.82) is 0 Å². The highest BCUT2D eigenvalue weighted by molar-refractivity contribution is 7.89. The molecular formula is C24H31NO6S. The number of aliphatic carboxylic acids is 1. The second-order valence-corrected chi connectivity index (χ2v) is 9.64. The highest BCUT2D eigenvalue weighted by atomic mass is 32.2. The van der Waals surface area contributed by atoms with Crippen molar-refractivity contribution < 1.29 is 27.8 Å². The Hall–Kier alpha value is -2.84. The number of sulfonamides is 1. The van der Waals surface area contributed by atoms with E-state index in [1.807, 2.05) is 24.3 Å². The maximum absolute atomic E-state index is 13.7. The molecule has 0 heterocycles. The average molecular weight is 462 g/mol. The van der Waals surface area contributed by atoms with E-state index in [0.717, 1.165) is 11.1 Å². The van der Waals surface area contributed by atoms with Crippen LogP contribution in [-0.4, -0.2) is 43.3 Å². The number of allylic oxidation sites excluding steroid dienone is 1. The van der Waals surface area contributed by atoms with E-state index in [4.69, 9.17) is 14.6 Å². The van der Waals surface area contributed by atoms with Crippen LogP contribution < -0.4 is 9.47 Å². The van der Waals surface area contributed by atoms with Crippen LogP contribution in [-0.2, 0) is 27.9 Å². The second kappa shape index (κ2) is 12.3. The van der Waals surface area contributed by atoms with Gasteiger partial charge in [-0.25, -0.2) is 8.42 Å². The summed E-state index contributed by atoms with van der Waals surface area (Å²) in [6, 6.07) is 14.4. The molecule has 0 saturated heterocycles. The largest absolute Gasteiger partial charge is 0.497 e. The van der Waals surface area contributed by atoms with Crippen molar-refractivity contribution in [2.45, 2.75) is 44.0 Å². The van der Waals surface area contributed by atoms with E-state index in [1.165, 1.54) is 4.31 Å². The fraction of sp³-hybridized carbons (Fsp3) is 0.375. The van der Waals surface area contributed by atoms with Crippen LogP contribution in [0.25, 0.3) is 0 Å². The lowest BCUT2D eigenvalue weighted by atomic mass is 10.1. The van der Waals surface area contributed by atoms with Crippen LogP contribution in [0.2, 0.25) is 0 Å². The fourth-order valence-corrected chi connectivity index (χ4v) is 5.28. The topological polar surface area (TPSA) is 93.1 Å². The van der Waals surface area contributed by atoms with Crippen LogP contribution in [0, 0.1) is 0 Å². The van der Waals surface area contributed by atoms with Crippen molar-refractivity contribution in [3.05, 3.63) is 72.3 Å². The molecule has 1 atom stereocenters. The van der Waals surface area contributed by atoms with E-state index in [1.54, 1.807) is 44.6 Å². The molecule has 0 unspecified atom stereocenters. The third-order valence-electron chi connectivity index (χ3n) is 5.19. The molecular weight excluding hydrogens is 430 g/mol. The van der Waals surface area contributed by atoms with Gasteiger partial charge in [-0.05, 0) is 54.7 Å². The molecule has 32 heavy (non-hydrogen) atoms. The van der Waals surface area contributed by atoms with Gasteiger partial charge in [-0.2, -0.15) is 4.31 Å². The number of nitrogens with zero attached hydrogens (tertiary/aromatic N) is 1. The average Bonchev–Trinajstić information content (AvgIpc) is 2.79. The minimum absolute atomic E-state index is 0.0488. The third-order valence-corrected chi connectivity index (χ3v) is 7.48. The van der Waals surface area contributed by atoms with Crippen molar-refractivity contribution >= 4 is 16.0 Å². The number of hydrogen-bond acceptors (Lipinski definition) is 5. The number of ether oxygens (including phenoxy) is 2. The molecule has 0 aliphatic heterocycles. The minimum Gasteiger partial charge on any atom is -0.497 e. The zero-order valence-corrected chi connectivity index (χ0v) is 19.4. The Labute approximate surface area is 190 Å². The maximum atomic E-state index is 13.7. The van der Waals surface area contributed by atoms with Gasteiger partial charge in [0.2, 0.25) is 10.0 Å². The molecule has 2 rings (SSSR count). The second-order valence-electron chi connectivity index (χ2n) is 7.43. The Balaban J connectivity index is 2.36. The number of benzene rings is 2. The molecule has 0 spiro atoms. The molecule has 0 fully saturated rings. The lowest BCUT2D eigenvalue weighted by Gasteiger charge is -2.28. The Morgan fingerprint density at radius 2 is 1.44 bits per heavy atom. The number of rotatable bonds is 14. The first kappa shape index (κ1) is 25.4. The van der Waals surface area contributed by atoms with Crippen LogP contribution in [0.5, 0.6) is 11.5 Å². The molecule has 0 radical (unpaired) electrons.